The minimum absolute atomic E-state index is 0.000392. The van der Waals surface area contributed by atoms with Gasteiger partial charge in [-0.25, -0.2) is 0 Å². The summed E-state index contributed by atoms with van der Waals surface area (Å²) in [6.45, 7) is 4.10. The van der Waals surface area contributed by atoms with Gasteiger partial charge in [0.25, 0.3) is 5.91 Å². The van der Waals surface area contributed by atoms with Crippen LogP contribution in [0.25, 0.3) is 0 Å². The van der Waals surface area contributed by atoms with Crippen molar-refractivity contribution in [1.82, 2.24) is 5.32 Å². The van der Waals surface area contributed by atoms with E-state index in [2.05, 4.69) is 5.32 Å². The van der Waals surface area contributed by atoms with Gasteiger partial charge in [-0.2, -0.15) is 0 Å². The number of fused-ring (bicyclic) bond motifs is 1. The van der Waals surface area contributed by atoms with Crippen molar-refractivity contribution in [2.24, 2.45) is 5.41 Å². The first kappa shape index (κ1) is 12.3. The number of amides is 1. The molecule has 1 aliphatic carbocycles. The molecule has 1 aromatic carbocycles. The second-order valence-electron chi connectivity index (χ2n) is 5.67. The van der Waals surface area contributed by atoms with Gasteiger partial charge in [0.1, 0.15) is 0 Å². The zero-order valence-electron chi connectivity index (χ0n) is 11.0. The van der Waals surface area contributed by atoms with Crippen molar-refractivity contribution in [3.05, 3.63) is 23.8 Å². The van der Waals surface area contributed by atoms with E-state index in [1.165, 1.54) is 0 Å². The van der Waals surface area contributed by atoms with Gasteiger partial charge in [0.15, 0.2) is 11.5 Å². The molecule has 1 aliphatic heterocycles. The Bertz CT molecular complexity index is 526. The number of carbonyl (C=O) groups excluding carboxylic acids is 1. The molecule has 0 radical (unpaired) electrons. The first-order valence-corrected chi connectivity index (χ1v) is 6.37. The summed E-state index contributed by atoms with van der Waals surface area (Å²) in [7, 11) is 0. The minimum Gasteiger partial charge on any atom is -0.454 e. The number of hydrogen-bond acceptors (Lipinski definition) is 4. The van der Waals surface area contributed by atoms with Gasteiger partial charge in [-0.1, -0.05) is 13.8 Å². The van der Waals surface area contributed by atoms with Crippen LogP contribution in [0.1, 0.15) is 30.6 Å². The van der Waals surface area contributed by atoms with Crippen molar-refractivity contribution in [3.8, 4) is 11.5 Å². The third-order valence-corrected chi connectivity index (χ3v) is 4.16. The molecule has 5 heteroatoms. The van der Waals surface area contributed by atoms with E-state index in [1.54, 1.807) is 18.2 Å². The van der Waals surface area contributed by atoms with Gasteiger partial charge in [-0.05, 0) is 24.6 Å². The van der Waals surface area contributed by atoms with Crippen LogP contribution >= 0.6 is 0 Å². The highest BCUT2D eigenvalue weighted by atomic mass is 16.7. The van der Waals surface area contributed by atoms with Crippen LogP contribution in [0.4, 0.5) is 0 Å². The van der Waals surface area contributed by atoms with E-state index in [1.807, 2.05) is 13.8 Å². The van der Waals surface area contributed by atoms with Crippen molar-refractivity contribution in [3.63, 3.8) is 0 Å². The highest BCUT2D eigenvalue weighted by Crippen LogP contribution is 2.40. The lowest BCUT2D eigenvalue weighted by Gasteiger charge is -2.49. The van der Waals surface area contributed by atoms with E-state index in [0.717, 1.165) is 0 Å². The Hall–Kier alpha value is -1.75. The molecule has 2 atom stereocenters. The maximum Gasteiger partial charge on any atom is 0.251 e. The van der Waals surface area contributed by atoms with Crippen molar-refractivity contribution >= 4 is 5.91 Å². The maximum atomic E-state index is 12.2. The van der Waals surface area contributed by atoms with Gasteiger partial charge in [0.2, 0.25) is 6.79 Å². The van der Waals surface area contributed by atoms with Crippen LogP contribution in [0.5, 0.6) is 11.5 Å². The molecule has 1 heterocycles. The topological polar surface area (TPSA) is 67.8 Å². The molecule has 1 saturated carbocycles. The minimum atomic E-state index is -0.352. The van der Waals surface area contributed by atoms with Gasteiger partial charge >= 0.3 is 0 Å². The van der Waals surface area contributed by atoms with E-state index < -0.39 is 0 Å². The molecule has 19 heavy (non-hydrogen) atoms. The smallest absolute Gasteiger partial charge is 0.251 e. The highest BCUT2D eigenvalue weighted by molar-refractivity contribution is 5.95. The predicted molar refractivity (Wildman–Crippen MR) is 68.2 cm³/mol. The van der Waals surface area contributed by atoms with Crippen LogP contribution in [0.15, 0.2) is 18.2 Å². The Labute approximate surface area is 111 Å². The lowest BCUT2D eigenvalue weighted by atomic mass is 9.64. The van der Waals surface area contributed by atoms with Gasteiger partial charge in [0.05, 0.1) is 6.10 Å². The third-order valence-electron chi connectivity index (χ3n) is 4.16. The zero-order valence-corrected chi connectivity index (χ0v) is 11.0. The van der Waals surface area contributed by atoms with Crippen molar-refractivity contribution < 1.29 is 19.4 Å². The van der Waals surface area contributed by atoms with Crippen LogP contribution in [0.2, 0.25) is 0 Å². The summed E-state index contributed by atoms with van der Waals surface area (Å²) in [5.41, 5.74) is 0.271. The number of aliphatic hydroxyl groups is 1. The Balaban J connectivity index is 1.71. The molecule has 1 aromatic rings. The monoisotopic (exact) mass is 263 g/mol. The summed E-state index contributed by atoms with van der Waals surface area (Å²) in [5, 5.41) is 12.6. The second kappa shape index (κ2) is 4.13. The molecule has 5 nitrogen and oxygen atoms in total. The van der Waals surface area contributed by atoms with Gasteiger partial charge in [0, 0.05) is 17.0 Å². The zero-order chi connectivity index (χ0) is 13.6. The lowest BCUT2D eigenvalue weighted by Crippen LogP contribution is -2.61. The van der Waals surface area contributed by atoms with Crippen LogP contribution in [0.3, 0.4) is 0 Å². The van der Waals surface area contributed by atoms with Crippen LogP contribution < -0.4 is 14.8 Å². The predicted octanol–water partition coefficient (Wildman–Crippen LogP) is 1.30. The first-order valence-electron chi connectivity index (χ1n) is 6.37. The Morgan fingerprint density at radius 2 is 2.11 bits per heavy atom. The Morgan fingerprint density at radius 3 is 2.79 bits per heavy atom. The molecule has 0 spiro atoms. The molecule has 2 N–H and O–H groups in total. The molecule has 0 saturated heterocycles. The molecule has 1 amide bonds. The molecule has 2 unspecified atom stereocenters. The van der Waals surface area contributed by atoms with Crippen LogP contribution in [-0.2, 0) is 0 Å². The standard InChI is InChI=1S/C14H17NO4/c1-14(2)11(6-12(14)16)15-13(17)8-3-4-9-10(5-8)19-7-18-9/h3-5,11-12,16H,6-7H2,1-2H3,(H,15,17). The van der Waals surface area contributed by atoms with Crippen molar-refractivity contribution in [1.29, 1.82) is 0 Å². The number of carbonyl (C=O) groups is 1. The number of hydrogen-bond donors (Lipinski definition) is 2. The quantitative estimate of drug-likeness (QED) is 0.844. The summed E-state index contributed by atoms with van der Waals surface area (Å²) in [6, 6.07) is 5.13. The summed E-state index contributed by atoms with van der Waals surface area (Å²) >= 11 is 0. The number of ether oxygens (including phenoxy) is 2. The SMILES string of the molecule is CC1(C)C(O)CC1NC(=O)c1ccc2c(c1)OCO2. The number of rotatable bonds is 2. The number of nitrogens with one attached hydrogen (secondary N) is 1. The lowest BCUT2D eigenvalue weighted by molar-refractivity contribution is -0.0689. The van der Waals surface area contributed by atoms with E-state index in [4.69, 9.17) is 9.47 Å². The van der Waals surface area contributed by atoms with E-state index in [0.29, 0.717) is 23.5 Å². The molecular weight excluding hydrogens is 246 g/mol. The molecule has 1 fully saturated rings. The van der Waals surface area contributed by atoms with Crippen LogP contribution in [-0.4, -0.2) is 30.0 Å². The fourth-order valence-corrected chi connectivity index (χ4v) is 2.43. The van der Waals surface area contributed by atoms with E-state index >= 15 is 0 Å². The second-order valence-corrected chi connectivity index (χ2v) is 5.67. The molecule has 0 bridgehead atoms. The Morgan fingerprint density at radius 1 is 1.37 bits per heavy atom. The Kier molecular flexibility index (Phi) is 2.67. The average molecular weight is 263 g/mol. The van der Waals surface area contributed by atoms with Crippen molar-refractivity contribution in [2.75, 3.05) is 6.79 Å². The third kappa shape index (κ3) is 1.94. The summed E-state index contributed by atoms with van der Waals surface area (Å²) in [6.07, 6.45) is 0.248. The number of aliphatic hydroxyl groups excluding tert-OH is 1. The fraction of sp³-hybridized carbons (Fsp3) is 0.500. The first-order chi connectivity index (χ1) is 8.98. The highest BCUT2D eigenvalue weighted by Gasteiger charge is 2.48. The molecule has 2 aliphatic rings. The summed E-state index contributed by atoms with van der Waals surface area (Å²) in [5.74, 6) is 1.11. The molecule has 102 valence electrons. The van der Waals surface area contributed by atoms with Gasteiger partial charge in [-0.3, -0.25) is 4.79 Å². The largest absolute Gasteiger partial charge is 0.454 e. The average Bonchev–Trinajstić information content (AvgIpc) is 2.85. The number of benzene rings is 1. The van der Waals surface area contributed by atoms with Crippen molar-refractivity contribution in [2.45, 2.75) is 32.4 Å². The normalized spacial score (nSPS) is 26.7. The molecule has 0 aromatic heterocycles. The fourth-order valence-electron chi connectivity index (χ4n) is 2.43. The summed E-state index contributed by atoms with van der Waals surface area (Å²) < 4.78 is 10.5. The summed E-state index contributed by atoms with van der Waals surface area (Å²) in [4.78, 5) is 12.2. The maximum absolute atomic E-state index is 12.2. The molecule has 3 rings (SSSR count). The van der Waals surface area contributed by atoms with Crippen LogP contribution in [0, 0.1) is 5.41 Å². The molecular formula is C14H17NO4. The van der Waals surface area contributed by atoms with E-state index in [-0.39, 0.29) is 30.3 Å². The van der Waals surface area contributed by atoms with E-state index in [9.17, 15) is 9.90 Å². The van der Waals surface area contributed by atoms with Gasteiger partial charge < -0.3 is 19.9 Å². The van der Waals surface area contributed by atoms with Gasteiger partial charge in [-0.15, -0.1) is 0 Å².